The van der Waals surface area contributed by atoms with Gasteiger partial charge in [0.25, 0.3) is 5.69 Å². The number of anilines is 1. The molecule has 1 aromatic heterocycles. The minimum atomic E-state index is -0.391. The van der Waals surface area contributed by atoms with Crippen LogP contribution in [0.2, 0.25) is 0 Å². The number of nitro groups is 1. The first-order valence-corrected chi connectivity index (χ1v) is 6.86. The molecule has 94 valence electrons. The van der Waals surface area contributed by atoms with Gasteiger partial charge in [-0.2, -0.15) is 0 Å². The van der Waals surface area contributed by atoms with Crippen LogP contribution in [0.1, 0.15) is 5.56 Å². The molecule has 0 aliphatic heterocycles. The maximum Gasteiger partial charge on any atom is 0.269 e. The molecule has 0 spiro atoms. The largest absolute Gasteiger partial charge is 0.363 e. The summed E-state index contributed by atoms with van der Waals surface area (Å²) in [4.78, 5) is 10.2. The first kappa shape index (κ1) is 12.8. The van der Waals surface area contributed by atoms with E-state index in [4.69, 9.17) is 0 Å². The molecule has 1 heterocycles. The molecule has 1 aromatic carbocycles. The van der Waals surface area contributed by atoms with Crippen LogP contribution in [-0.2, 0) is 5.75 Å². The minimum Gasteiger partial charge on any atom is -0.363 e. The van der Waals surface area contributed by atoms with E-state index in [1.165, 1.54) is 29.2 Å². The van der Waals surface area contributed by atoms with Gasteiger partial charge < -0.3 is 5.32 Å². The summed E-state index contributed by atoms with van der Waals surface area (Å²) in [6, 6.07) is 6.61. The first-order chi connectivity index (χ1) is 8.69. The Bertz CT molecular complexity index is 558. The standard InChI is InChI=1S/C10H10N4O2S2/c1-11-9-12-13-10(18-9)17-6-7-3-2-4-8(5-7)14(15)16/h2-5H,6H2,1H3,(H,11,12). The fourth-order valence-electron chi connectivity index (χ4n) is 1.27. The molecule has 0 atom stereocenters. The van der Waals surface area contributed by atoms with E-state index in [-0.39, 0.29) is 5.69 Å². The first-order valence-electron chi connectivity index (χ1n) is 5.06. The fourth-order valence-corrected chi connectivity index (χ4v) is 2.92. The number of hydrogen-bond acceptors (Lipinski definition) is 7. The summed E-state index contributed by atoms with van der Waals surface area (Å²) in [6.45, 7) is 0. The SMILES string of the molecule is CNc1nnc(SCc2cccc([N+](=O)[O-])c2)s1. The van der Waals surface area contributed by atoms with Crippen molar-refractivity contribution in [2.24, 2.45) is 0 Å². The second kappa shape index (κ2) is 5.78. The highest BCUT2D eigenvalue weighted by atomic mass is 32.2. The van der Waals surface area contributed by atoms with Gasteiger partial charge in [0.15, 0.2) is 4.34 Å². The molecule has 0 aliphatic rings. The zero-order chi connectivity index (χ0) is 13.0. The van der Waals surface area contributed by atoms with Gasteiger partial charge in [0.2, 0.25) is 5.13 Å². The Morgan fingerprint density at radius 2 is 2.33 bits per heavy atom. The Kier molecular flexibility index (Phi) is 4.11. The second-order valence-electron chi connectivity index (χ2n) is 3.34. The zero-order valence-corrected chi connectivity index (χ0v) is 11.1. The van der Waals surface area contributed by atoms with Gasteiger partial charge in [-0.3, -0.25) is 10.1 Å². The van der Waals surface area contributed by atoms with Crippen LogP contribution in [0.25, 0.3) is 0 Å². The van der Waals surface area contributed by atoms with Gasteiger partial charge in [-0.1, -0.05) is 35.2 Å². The van der Waals surface area contributed by atoms with Gasteiger partial charge in [0.1, 0.15) is 0 Å². The zero-order valence-electron chi connectivity index (χ0n) is 9.49. The van der Waals surface area contributed by atoms with Crippen molar-refractivity contribution in [1.29, 1.82) is 0 Å². The predicted molar refractivity (Wildman–Crippen MR) is 72.1 cm³/mol. The lowest BCUT2D eigenvalue weighted by molar-refractivity contribution is -0.384. The summed E-state index contributed by atoms with van der Waals surface area (Å²) < 4.78 is 0.839. The summed E-state index contributed by atoms with van der Waals surface area (Å²) in [5.41, 5.74) is 1.01. The number of hydrogen-bond donors (Lipinski definition) is 1. The molecule has 2 rings (SSSR count). The molecule has 8 heteroatoms. The number of benzene rings is 1. The van der Waals surface area contributed by atoms with Crippen molar-refractivity contribution in [3.05, 3.63) is 39.9 Å². The van der Waals surface area contributed by atoms with E-state index in [1.807, 2.05) is 6.07 Å². The monoisotopic (exact) mass is 282 g/mol. The lowest BCUT2D eigenvalue weighted by atomic mass is 10.2. The average molecular weight is 282 g/mol. The quantitative estimate of drug-likeness (QED) is 0.516. The molecule has 18 heavy (non-hydrogen) atoms. The van der Waals surface area contributed by atoms with E-state index >= 15 is 0 Å². The fraction of sp³-hybridized carbons (Fsp3) is 0.200. The van der Waals surface area contributed by atoms with Gasteiger partial charge in [-0.15, -0.1) is 10.2 Å². The molecule has 0 amide bonds. The van der Waals surface area contributed by atoms with E-state index < -0.39 is 4.92 Å². The highest BCUT2D eigenvalue weighted by Crippen LogP contribution is 2.28. The molecule has 0 bridgehead atoms. The normalized spacial score (nSPS) is 10.3. The third kappa shape index (κ3) is 3.17. The second-order valence-corrected chi connectivity index (χ2v) is 5.54. The van der Waals surface area contributed by atoms with Crippen LogP contribution < -0.4 is 5.32 Å². The van der Waals surface area contributed by atoms with Gasteiger partial charge >= 0.3 is 0 Å². The van der Waals surface area contributed by atoms with Crippen LogP contribution in [0.3, 0.4) is 0 Å². The topological polar surface area (TPSA) is 81.0 Å². The van der Waals surface area contributed by atoms with Crippen molar-refractivity contribution < 1.29 is 4.92 Å². The third-order valence-corrected chi connectivity index (χ3v) is 4.25. The number of nitro benzene ring substituents is 1. The maximum absolute atomic E-state index is 10.6. The van der Waals surface area contributed by atoms with Crippen LogP contribution in [0.5, 0.6) is 0 Å². The van der Waals surface area contributed by atoms with Crippen molar-refractivity contribution in [3.8, 4) is 0 Å². The maximum atomic E-state index is 10.6. The molecule has 2 aromatic rings. The van der Waals surface area contributed by atoms with Gasteiger partial charge in [0, 0.05) is 24.9 Å². The van der Waals surface area contributed by atoms with Crippen LogP contribution >= 0.6 is 23.1 Å². The molecule has 0 aliphatic carbocycles. The number of aromatic nitrogens is 2. The lowest BCUT2D eigenvalue weighted by Gasteiger charge is -1.98. The van der Waals surface area contributed by atoms with E-state index in [1.54, 1.807) is 19.2 Å². The van der Waals surface area contributed by atoms with E-state index in [9.17, 15) is 10.1 Å². The van der Waals surface area contributed by atoms with E-state index in [0.717, 1.165) is 15.0 Å². The Balaban J connectivity index is 2.01. The van der Waals surface area contributed by atoms with Crippen molar-refractivity contribution >= 4 is 33.9 Å². The smallest absolute Gasteiger partial charge is 0.269 e. The van der Waals surface area contributed by atoms with Crippen LogP contribution in [0, 0.1) is 10.1 Å². The summed E-state index contributed by atoms with van der Waals surface area (Å²) in [5, 5.41) is 22.2. The Morgan fingerprint density at radius 1 is 1.50 bits per heavy atom. The van der Waals surface area contributed by atoms with E-state index in [0.29, 0.717) is 5.75 Å². The number of rotatable bonds is 5. The van der Waals surface area contributed by atoms with Crippen molar-refractivity contribution in [2.75, 3.05) is 12.4 Å². The predicted octanol–water partition coefficient (Wildman–Crippen LogP) is 2.78. The molecule has 0 radical (unpaired) electrons. The van der Waals surface area contributed by atoms with Gasteiger partial charge in [-0.05, 0) is 5.56 Å². The third-order valence-electron chi connectivity index (χ3n) is 2.10. The molecular formula is C10H10N4O2S2. The Labute approximate surface area is 112 Å². The molecule has 0 saturated carbocycles. The van der Waals surface area contributed by atoms with Gasteiger partial charge in [-0.25, -0.2) is 0 Å². The Morgan fingerprint density at radius 3 is 3.00 bits per heavy atom. The van der Waals surface area contributed by atoms with E-state index in [2.05, 4.69) is 15.5 Å². The summed E-state index contributed by atoms with van der Waals surface area (Å²) in [6.07, 6.45) is 0. The number of non-ortho nitro benzene ring substituents is 1. The number of thioether (sulfide) groups is 1. The molecule has 0 fully saturated rings. The summed E-state index contributed by atoms with van der Waals surface area (Å²) >= 11 is 2.97. The molecule has 1 N–H and O–H groups in total. The Hall–Kier alpha value is -1.67. The number of nitrogens with one attached hydrogen (secondary N) is 1. The molecular weight excluding hydrogens is 272 g/mol. The van der Waals surface area contributed by atoms with Crippen LogP contribution in [0.4, 0.5) is 10.8 Å². The lowest BCUT2D eigenvalue weighted by Crippen LogP contribution is -1.89. The summed E-state index contributed by atoms with van der Waals surface area (Å²) in [5.74, 6) is 0.639. The van der Waals surface area contributed by atoms with Crippen molar-refractivity contribution in [1.82, 2.24) is 10.2 Å². The van der Waals surface area contributed by atoms with Crippen LogP contribution in [-0.4, -0.2) is 22.2 Å². The van der Waals surface area contributed by atoms with Crippen LogP contribution in [0.15, 0.2) is 28.6 Å². The van der Waals surface area contributed by atoms with Gasteiger partial charge in [0.05, 0.1) is 4.92 Å². The highest BCUT2D eigenvalue weighted by Gasteiger charge is 2.07. The highest BCUT2D eigenvalue weighted by molar-refractivity contribution is 8.00. The summed E-state index contributed by atoms with van der Waals surface area (Å²) in [7, 11) is 1.79. The minimum absolute atomic E-state index is 0.112. The number of nitrogens with zero attached hydrogens (tertiary/aromatic N) is 3. The molecule has 0 unspecified atom stereocenters. The molecule has 0 saturated heterocycles. The van der Waals surface area contributed by atoms with Crippen molar-refractivity contribution in [3.63, 3.8) is 0 Å². The average Bonchev–Trinajstić information content (AvgIpc) is 2.84. The van der Waals surface area contributed by atoms with Crippen molar-refractivity contribution in [2.45, 2.75) is 10.1 Å². The molecule has 6 nitrogen and oxygen atoms in total.